The van der Waals surface area contributed by atoms with Crippen LogP contribution in [0.4, 0.5) is 10.5 Å². The van der Waals surface area contributed by atoms with Gasteiger partial charge in [0.15, 0.2) is 0 Å². The number of hydrogen-bond donors (Lipinski definition) is 1. The lowest BCUT2D eigenvalue weighted by Gasteiger charge is -2.26. The molecule has 0 aromatic heterocycles. The molecule has 0 saturated carbocycles. The van der Waals surface area contributed by atoms with E-state index >= 15 is 0 Å². The molecule has 1 N–H and O–H groups in total. The van der Waals surface area contributed by atoms with Crippen LogP contribution in [0, 0.1) is 0 Å². The van der Waals surface area contributed by atoms with Gasteiger partial charge in [-0.05, 0) is 52.7 Å². The first kappa shape index (κ1) is 22.6. The van der Waals surface area contributed by atoms with Crippen LogP contribution in [0.15, 0.2) is 101 Å². The summed E-state index contributed by atoms with van der Waals surface area (Å²) in [4.78, 5) is 39.2. The van der Waals surface area contributed by atoms with Gasteiger partial charge in [-0.15, -0.1) is 0 Å². The van der Waals surface area contributed by atoms with Gasteiger partial charge < -0.3 is 4.74 Å². The Balaban J connectivity index is 1.48. The second-order valence-corrected chi connectivity index (χ2v) is 8.82. The number of fused-ring (bicyclic) bond motifs is 1. The van der Waals surface area contributed by atoms with E-state index in [1.807, 2.05) is 48.5 Å². The monoisotopic (exact) mass is 526 g/mol. The molecule has 5 rings (SSSR count). The van der Waals surface area contributed by atoms with Crippen molar-refractivity contribution in [2.75, 3.05) is 4.90 Å². The molecule has 172 valence electrons. The molecule has 7 heteroatoms. The maximum atomic E-state index is 13.2. The second-order valence-electron chi connectivity index (χ2n) is 7.90. The standard InChI is InChI=1S/C28H19BrN2O4/c29-21-13-14-25(35-17-19-9-6-8-18-7-4-5-12-23(18)19)20(15-21)16-24-26(32)30-28(34)31(27(24)33)22-10-2-1-3-11-22/h1-16H,17H2,(H,30,32,34)/b24-16+. The molecular weight excluding hydrogens is 508 g/mol. The molecule has 1 fully saturated rings. The molecule has 4 aromatic carbocycles. The van der Waals surface area contributed by atoms with Gasteiger partial charge in [-0.1, -0.05) is 76.6 Å². The predicted octanol–water partition coefficient (Wildman–Crippen LogP) is 5.85. The number of carbonyl (C=O) groups is 3. The van der Waals surface area contributed by atoms with Gasteiger partial charge in [0.1, 0.15) is 17.9 Å². The highest BCUT2D eigenvalue weighted by Gasteiger charge is 2.36. The van der Waals surface area contributed by atoms with E-state index in [9.17, 15) is 14.4 Å². The van der Waals surface area contributed by atoms with Crippen LogP contribution in [0.5, 0.6) is 5.75 Å². The zero-order chi connectivity index (χ0) is 24.4. The molecule has 0 unspecified atom stereocenters. The summed E-state index contributed by atoms with van der Waals surface area (Å²) in [7, 11) is 0. The number of carbonyl (C=O) groups excluding carboxylic acids is 3. The maximum absolute atomic E-state index is 13.2. The van der Waals surface area contributed by atoms with Crippen molar-refractivity contribution in [1.29, 1.82) is 0 Å². The molecule has 0 bridgehead atoms. The van der Waals surface area contributed by atoms with Crippen LogP contribution in [0.2, 0.25) is 0 Å². The summed E-state index contributed by atoms with van der Waals surface area (Å²) in [5.41, 5.74) is 1.74. The first-order chi connectivity index (χ1) is 17.0. The number of para-hydroxylation sites is 1. The smallest absolute Gasteiger partial charge is 0.335 e. The van der Waals surface area contributed by atoms with Crippen molar-refractivity contribution < 1.29 is 19.1 Å². The lowest BCUT2D eigenvalue weighted by molar-refractivity contribution is -0.122. The van der Waals surface area contributed by atoms with Crippen molar-refractivity contribution in [2.45, 2.75) is 6.61 Å². The molecule has 1 aliphatic heterocycles. The number of halogens is 1. The molecule has 1 saturated heterocycles. The minimum absolute atomic E-state index is 0.165. The van der Waals surface area contributed by atoms with Crippen molar-refractivity contribution in [3.05, 3.63) is 112 Å². The Bertz CT molecular complexity index is 1490. The van der Waals surface area contributed by atoms with Gasteiger partial charge in [-0.2, -0.15) is 0 Å². The average molecular weight is 527 g/mol. The van der Waals surface area contributed by atoms with Crippen LogP contribution < -0.4 is 15.0 Å². The molecule has 1 aliphatic rings. The number of imide groups is 2. The minimum atomic E-state index is -0.787. The SMILES string of the molecule is O=C1NC(=O)N(c2ccccc2)C(=O)/C1=C/c1cc(Br)ccc1OCc1cccc2ccccc12. The zero-order valence-corrected chi connectivity index (χ0v) is 20.0. The van der Waals surface area contributed by atoms with Crippen molar-refractivity contribution in [3.8, 4) is 5.75 Å². The third kappa shape index (κ3) is 4.58. The lowest BCUT2D eigenvalue weighted by atomic mass is 10.0. The summed E-state index contributed by atoms with van der Waals surface area (Å²) < 4.78 is 6.89. The number of benzene rings is 4. The number of anilines is 1. The molecule has 4 amide bonds. The quantitative estimate of drug-likeness (QED) is 0.261. The Kier molecular flexibility index (Phi) is 6.16. The molecule has 6 nitrogen and oxygen atoms in total. The van der Waals surface area contributed by atoms with Crippen LogP contribution in [0.25, 0.3) is 16.8 Å². The third-order valence-corrected chi connectivity index (χ3v) is 6.14. The number of rotatable bonds is 5. The van der Waals surface area contributed by atoms with Crippen molar-refractivity contribution in [1.82, 2.24) is 5.32 Å². The topological polar surface area (TPSA) is 75.7 Å². The Labute approximate surface area is 209 Å². The molecule has 0 aliphatic carbocycles. The van der Waals surface area contributed by atoms with Crippen molar-refractivity contribution in [2.24, 2.45) is 0 Å². The summed E-state index contributed by atoms with van der Waals surface area (Å²) in [6.45, 7) is 0.300. The summed E-state index contributed by atoms with van der Waals surface area (Å²) in [5, 5.41) is 4.45. The zero-order valence-electron chi connectivity index (χ0n) is 18.4. The van der Waals surface area contributed by atoms with E-state index in [2.05, 4.69) is 21.2 Å². The highest BCUT2D eigenvalue weighted by Crippen LogP contribution is 2.29. The normalized spacial score (nSPS) is 14.9. The summed E-state index contributed by atoms with van der Waals surface area (Å²) >= 11 is 3.44. The summed E-state index contributed by atoms with van der Waals surface area (Å²) in [5.74, 6) is -0.963. The number of ether oxygens (including phenoxy) is 1. The van der Waals surface area contributed by atoms with Crippen LogP contribution in [0.3, 0.4) is 0 Å². The van der Waals surface area contributed by atoms with Gasteiger partial charge in [0, 0.05) is 10.0 Å². The third-order valence-electron chi connectivity index (χ3n) is 5.65. The Hall–Kier alpha value is -4.23. The van der Waals surface area contributed by atoms with E-state index < -0.39 is 17.8 Å². The molecule has 0 atom stereocenters. The van der Waals surface area contributed by atoms with E-state index in [-0.39, 0.29) is 5.57 Å². The van der Waals surface area contributed by atoms with Gasteiger partial charge >= 0.3 is 6.03 Å². The number of nitrogens with one attached hydrogen (secondary N) is 1. The number of nitrogens with zero attached hydrogens (tertiary/aromatic N) is 1. The highest BCUT2D eigenvalue weighted by atomic mass is 79.9. The lowest BCUT2D eigenvalue weighted by Crippen LogP contribution is -2.54. The van der Waals surface area contributed by atoms with Crippen molar-refractivity contribution in [3.63, 3.8) is 0 Å². The number of amides is 4. The molecule has 35 heavy (non-hydrogen) atoms. The van der Waals surface area contributed by atoms with Crippen LogP contribution in [0.1, 0.15) is 11.1 Å². The highest BCUT2D eigenvalue weighted by molar-refractivity contribution is 9.10. The second kappa shape index (κ2) is 9.56. The Morgan fingerprint density at radius 2 is 1.60 bits per heavy atom. The van der Waals surface area contributed by atoms with E-state index in [0.717, 1.165) is 25.7 Å². The minimum Gasteiger partial charge on any atom is -0.488 e. The van der Waals surface area contributed by atoms with E-state index in [0.29, 0.717) is 23.6 Å². The van der Waals surface area contributed by atoms with Gasteiger partial charge in [-0.3, -0.25) is 14.9 Å². The molecule has 1 heterocycles. The molecular formula is C28H19BrN2O4. The van der Waals surface area contributed by atoms with Gasteiger partial charge in [-0.25, -0.2) is 9.69 Å². The van der Waals surface area contributed by atoms with Crippen LogP contribution in [-0.4, -0.2) is 17.8 Å². The fraction of sp³-hybridized carbons (Fsp3) is 0.0357. The van der Waals surface area contributed by atoms with E-state index in [1.54, 1.807) is 42.5 Å². The van der Waals surface area contributed by atoms with Gasteiger partial charge in [0.25, 0.3) is 11.8 Å². The van der Waals surface area contributed by atoms with Crippen molar-refractivity contribution >= 4 is 56.3 Å². The van der Waals surface area contributed by atoms with E-state index in [1.165, 1.54) is 6.08 Å². The first-order valence-electron chi connectivity index (χ1n) is 10.9. The average Bonchev–Trinajstić information content (AvgIpc) is 2.86. The fourth-order valence-electron chi connectivity index (χ4n) is 3.96. The van der Waals surface area contributed by atoms with Crippen LogP contribution >= 0.6 is 15.9 Å². The van der Waals surface area contributed by atoms with E-state index in [4.69, 9.17) is 4.74 Å². The molecule has 4 aromatic rings. The number of barbiturate groups is 1. The summed E-state index contributed by atoms with van der Waals surface area (Å²) in [6.07, 6.45) is 1.45. The predicted molar refractivity (Wildman–Crippen MR) is 138 cm³/mol. The molecule has 0 spiro atoms. The number of hydrogen-bond acceptors (Lipinski definition) is 4. The van der Waals surface area contributed by atoms with Gasteiger partial charge in [0.2, 0.25) is 0 Å². The fourth-order valence-corrected chi connectivity index (χ4v) is 4.34. The summed E-state index contributed by atoms with van der Waals surface area (Å²) in [6, 6.07) is 27.1. The maximum Gasteiger partial charge on any atom is 0.335 e. The Morgan fingerprint density at radius 1 is 0.857 bits per heavy atom. The number of urea groups is 1. The first-order valence-corrected chi connectivity index (χ1v) is 11.7. The largest absolute Gasteiger partial charge is 0.488 e. The Morgan fingerprint density at radius 3 is 2.43 bits per heavy atom. The molecule has 0 radical (unpaired) electrons. The van der Waals surface area contributed by atoms with Gasteiger partial charge in [0.05, 0.1) is 5.69 Å². The van der Waals surface area contributed by atoms with Crippen LogP contribution in [-0.2, 0) is 16.2 Å².